The van der Waals surface area contributed by atoms with Crippen molar-refractivity contribution in [1.29, 1.82) is 0 Å². The predicted octanol–water partition coefficient (Wildman–Crippen LogP) is -0.412. The molecule has 0 aliphatic carbocycles. The Morgan fingerprint density at radius 2 is 2.30 bits per heavy atom. The van der Waals surface area contributed by atoms with E-state index < -0.39 is 0 Å². The maximum Gasteiger partial charge on any atom is 0.224 e. The molecular weight excluding hydrogens is 128 g/mol. The van der Waals surface area contributed by atoms with Gasteiger partial charge in [0.25, 0.3) is 0 Å². The Balaban J connectivity index is 2.46. The topological polar surface area (TPSA) is 41.1 Å². The maximum atomic E-state index is 11.1. The molecule has 58 valence electrons. The van der Waals surface area contributed by atoms with E-state index >= 15 is 0 Å². The number of carbonyl (C=O) groups excluding carboxylic acids is 1. The van der Waals surface area contributed by atoms with Gasteiger partial charge in [0.1, 0.15) is 0 Å². The summed E-state index contributed by atoms with van der Waals surface area (Å²) in [4.78, 5) is 11.1. The Labute approximate surface area is 61.2 Å². The van der Waals surface area contributed by atoms with Gasteiger partial charge in [-0.2, -0.15) is 0 Å². The summed E-state index contributed by atoms with van der Waals surface area (Å²) in [5.74, 6) is 0.836. The van der Waals surface area contributed by atoms with E-state index in [0.717, 1.165) is 13.1 Å². The lowest BCUT2D eigenvalue weighted by Crippen LogP contribution is -2.31. The van der Waals surface area contributed by atoms with Crippen molar-refractivity contribution in [3.8, 4) is 0 Å². The zero-order chi connectivity index (χ0) is 7.56. The van der Waals surface area contributed by atoms with Crippen molar-refractivity contribution in [3.63, 3.8) is 0 Å². The van der Waals surface area contributed by atoms with Crippen molar-refractivity contribution >= 4 is 5.91 Å². The van der Waals surface area contributed by atoms with Gasteiger partial charge in [-0.1, -0.05) is 6.92 Å². The van der Waals surface area contributed by atoms with E-state index in [2.05, 4.69) is 17.6 Å². The first-order chi connectivity index (χ1) is 4.75. The van der Waals surface area contributed by atoms with E-state index in [1.807, 2.05) is 0 Å². The summed E-state index contributed by atoms with van der Waals surface area (Å²) >= 11 is 0. The molecule has 1 heterocycles. The third-order valence-electron chi connectivity index (χ3n) is 2.10. The Morgan fingerprint density at radius 3 is 2.70 bits per heavy atom. The van der Waals surface area contributed by atoms with Gasteiger partial charge in [0.15, 0.2) is 0 Å². The molecule has 3 heteroatoms. The van der Waals surface area contributed by atoms with Crippen LogP contribution >= 0.6 is 0 Å². The molecule has 1 aliphatic rings. The molecule has 10 heavy (non-hydrogen) atoms. The van der Waals surface area contributed by atoms with Crippen LogP contribution in [0.3, 0.4) is 0 Å². The van der Waals surface area contributed by atoms with Gasteiger partial charge in [-0.15, -0.1) is 0 Å². The fourth-order valence-electron chi connectivity index (χ4n) is 1.35. The first-order valence-electron chi connectivity index (χ1n) is 3.68. The Hall–Kier alpha value is -0.570. The Kier molecular flexibility index (Phi) is 2.27. The molecule has 1 aliphatic heterocycles. The second-order valence-electron chi connectivity index (χ2n) is 2.86. The third-order valence-corrected chi connectivity index (χ3v) is 2.10. The normalized spacial score (nSPS) is 32.2. The van der Waals surface area contributed by atoms with Crippen LogP contribution in [0.1, 0.15) is 6.92 Å². The number of nitrogens with one attached hydrogen (secondary N) is 2. The van der Waals surface area contributed by atoms with Crippen molar-refractivity contribution in [3.05, 3.63) is 0 Å². The van der Waals surface area contributed by atoms with E-state index in [4.69, 9.17) is 0 Å². The average molecular weight is 142 g/mol. The smallest absolute Gasteiger partial charge is 0.224 e. The third kappa shape index (κ3) is 1.29. The molecule has 0 radical (unpaired) electrons. The molecule has 1 rings (SSSR count). The van der Waals surface area contributed by atoms with Gasteiger partial charge in [-0.05, 0) is 12.5 Å². The highest BCUT2D eigenvalue weighted by molar-refractivity contribution is 5.79. The fourth-order valence-corrected chi connectivity index (χ4v) is 1.35. The van der Waals surface area contributed by atoms with Crippen LogP contribution in [-0.2, 0) is 4.79 Å². The standard InChI is InChI=1S/C7H14N2O/c1-5-3-9-4-6(5)7(10)8-2/h5-6,9H,3-4H2,1-2H3,(H,8,10)/t5-,6+/m0/s1. The molecule has 0 spiro atoms. The minimum Gasteiger partial charge on any atom is -0.359 e. The first kappa shape index (κ1) is 7.54. The summed E-state index contributed by atoms with van der Waals surface area (Å²) in [5, 5.41) is 5.83. The number of amides is 1. The first-order valence-corrected chi connectivity index (χ1v) is 3.68. The van der Waals surface area contributed by atoms with Crippen LogP contribution < -0.4 is 10.6 Å². The number of hydrogen-bond donors (Lipinski definition) is 2. The van der Waals surface area contributed by atoms with Crippen LogP contribution in [0, 0.1) is 11.8 Å². The fraction of sp³-hybridized carbons (Fsp3) is 0.857. The Bertz CT molecular complexity index is 136. The van der Waals surface area contributed by atoms with Gasteiger partial charge in [0, 0.05) is 13.6 Å². The van der Waals surface area contributed by atoms with Crippen LogP contribution in [0.25, 0.3) is 0 Å². The summed E-state index contributed by atoms with van der Waals surface area (Å²) in [5.41, 5.74) is 0. The van der Waals surface area contributed by atoms with Gasteiger partial charge in [-0.3, -0.25) is 4.79 Å². The second kappa shape index (κ2) is 3.01. The molecule has 2 atom stereocenters. The highest BCUT2D eigenvalue weighted by Crippen LogP contribution is 2.14. The number of carbonyl (C=O) groups is 1. The van der Waals surface area contributed by atoms with E-state index in [-0.39, 0.29) is 11.8 Å². The molecule has 2 N–H and O–H groups in total. The molecule has 3 nitrogen and oxygen atoms in total. The highest BCUT2D eigenvalue weighted by atomic mass is 16.1. The average Bonchev–Trinajstić information content (AvgIpc) is 2.34. The minimum absolute atomic E-state index is 0.164. The van der Waals surface area contributed by atoms with Crippen LogP contribution in [0.4, 0.5) is 0 Å². The van der Waals surface area contributed by atoms with Gasteiger partial charge < -0.3 is 10.6 Å². The van der Waals surface area contributed by atoms with Crippen LogP contribution in [0.2, 0.25) is 0 Å². The van der Waals surface area contributed by atoms with Crippen molar-refractivity contribution in [2.24, 2.45) is 11.8 Å². The molecule has 0 aromatic rings. The summed E-state index contributed by atoms with van der Waals surface area (Å²) in [6.45, 7) is 3.90. The van der Waals surface area contributed by atoms with Crippen LogP contribution in [0.5, 0.6) is 0 Å². The lowest BCUT2D eigenvalue weighted by molar-refractivity contribution is -0.124. The van der Waals surface area contributed by atoms with Crippen LogP contribution in [-0.4, -0.2) is 26.0 Å². The zero-order valence-electron chi connectivity index (χ0n) is 6.48. The summed E-state index contributed by atoms with van der Waals surface area (Å²) in [7, 11) is 1.69. The molecule has 0 saturated carbocycles. The van der Waals surface area contributed by atoms with E-state index in [1.54, 1.807) is 7.05 Å². The highest BCUT2D eigenvalue weighted by Gasteiger charge is 2.28. The Morgan fingerprint density at radius 1 is 1.60 bits per heavy atom. The lowest BCUT2D eigenvalue weighted by atomic mass is 9.98. The van der Waals surface area contributed by atoms with Gasteiger partial charge >= 0.3 is 0 Å². The molecule has 0 unspecified atom stereocenters. The number of hydrogen-bond acceptors (Lipinski definition) is 2. The molecule has 1 amide bonds. The summed E-state index contributed by atoms with van der Waals surface area (Å²) in [6, 6.07) is 0. The monoisotopic (exact) mass is 142 g/mol. The summed E-state index contributed by atoms with van der Waals surface area (Å²) in [6.07, 6.45) is 0. The van der Waals surface area contributed by atoms with Crippen molar-refractivity contribution in [2.45, 2.75) is 6.92 Å². The van der Waals surface area contributed by atoms with Gasteiger partial charge in [0.2, 0.25) is 5.91 Å². The van der Waals surface area contributed by atoms with Gasteiger partial charge in [-0.25, -0.2) is 0 Å². The molecule has 1 fully saturated rings. The zero-order valence-corrected chi connectivity index (χ0v) is 6.48. The molecule has 0 aromatic heterocycles. The molecule has 1 saturated heterocycles. The second-order valence-corrected chi connectivity index (χ2v) is 2.86. The largest absolute Gasteiger partial charge is 0.359 e. The lowest BCUT2D eigenvalue weighted by Gasteiger charge is -2.10. The van der Waals surface area contributed by atoms with Crippen molar-refractivity contribution in [2.75, 3.05) is 20.1 Å². The quantitative estimate of drug-likeness (QED) is 0.522. The summed E-state index contributed by atoms with van der Waals surface area (Å²) < 4.78 is 0. The molecule has 0 aromatic carbocycles. The predicted molar refractivity (Wildman–Crippen MR) is 39.6 cm³/mol. The maximum absolute atomic E-state index is 11.1. The van der Waals surface area contributed by atoms with Gasteiger partial charge in [0.05, 0.1) is 5.92 Å². The van der Waals surface area contributed by atoms with E-state index in [1.165, 1.54) is 0 Å². The van der Waals surface area contributed by atoms with E-state index in [0.29, 0.717) is 5.92 Å². The van der Waals surface area contributed by atoms with Crippen molar-refractivity contribution in [1.82, 2.24) is 10.6 Å². The van der Waals surface area contributed by atoms with Crippen LogP contribution in [0.15, 0.2) is 0 Å². The minimum atomic E-state index is 0.164. The number of rotatable bonds is 1. The van der Waals surface area contributed by atoms with Crippen molar-refractivity contribution < 1.29 is 4.79 Å². The molecule has 0 bridgehead atoms. The molecular formula is C7H14N2O. The van der Waals surface area contributed by atoms with E-state index in [9.17, 15) is 4.79 Å². The SMILES string of the molecule is CNC(=O)[C@@H]1CNC[C@@H]1C.